The number of nitrogens with zero attached hydrogens (tertiary/aromatic N) is 2. The van der Waals surface area contributed by atoms with Crippen LogP contribution in [-0.4, -0.2) is 53.5 Å². The zero-order valence-corrected chi connectivity index (χ0v) is 19.1. The van der Waals surface area contributed by atoms with E-state index in [0.29, 0.717) is 19.5 Å². The molecule has 1 fully saturated rings. The molecule has 2 unspecified atom stereocenters. The van der Waals surface area contributed by atoms with E-state index in [-0.39, 0.29) is 30.5 Å². The molecule has 6 heteroatoms. The first kappa shape index (κ1) is 24.4. The van der Waals surface area contributed by atoms with E-state index >= 15 is 0 Å². The third-order valence-corrected chi connectivity index (χ3v) is 5.97. The van der Waals surface area contributed by atoms with E-state index in [0.717, 1.165) is 44.5 Å². The van der Waals surface area contributed by atoms with Gasteiger partial charge < -0.3 is 19.0 Å². The summed E-state index contributed by atoms with van der Waals surface area (Å²) in [7, 11) is 0. The molecule has 1 aliphatic heterocycles. The Kier molecular flexibility index (Phi) is 11.0. The number of ether oxygens (including phenoxy) is 1. The van der Waals surface area contributed by atoms with Gasteiger partial charge in [0.25, 0.3) is 0 Å². The van der Waals surface area contributed by atoms with E-state index in [2.05, 4.69) is 13.8 Å². The molecule has 0 N–H and O–H groups in total. The van der Waals surface area contributed by atoms with E-state index < -0.39 is 0 Å². The molecule has 2 heterocycles. The topological polar surface area (TPSA) is 63.0 Å². The molecule has 0 radical (unpaired) electrons. The molecule has 1 aromatic rings. The molecule has 30 heavy (non-hydrogen) atoms. The van der Waals surface area contributed by atoms with E-state index in [1.165, 1.54) is 19.3 Å². The molecule has 0 aromatic carbocycles. The maximum Gasteiger partial charge on any atom is 0.242 e. The fourth-order valence-electron chi connectivity index (χ4n) is 3.86. The van der Waals surface area contributed by atoms with Gasteiger partial charge in [-0.05, 0) is 44.7 Å². The van der Waals surface area contributed by atoms with Gasteiger partial charge in [0.1, 0.15) is 12.3 Å². The van der Waals surface area contributed by atoms with Crippen molar-refractivity contribution in [2.45, 2.75) is 97.2 Å². The minimum absolute atomic E-state index is 0.0402. The average Bonchev–Trinajstić information content (AvgIpc) is 3.44. The quantitative estimate of drug-likeness (QED) is 0.407. The maximum atomic E-state index is 13.2. The number of hydrogen-bond acceptors (Lipinski definition) is 4. The molecule has 0 saturated carbocycles. The molecule has 1 saturated heterocycles. The lowest BCUT2D eigenvalue weighted by molar-refractivity contribution is -0.143. The minimum Gasteiger partial charge on any atom is -0.467 e. The van der Waals surface area contributed by atoms with Gasteiger partial charge >= 0.3 is 0 Å². The van der Waals surface area contributed by atoms with Gasteiger partial charge in [-0.2, -0.15) is 0 Å². The average molecular weight is 421 g/mol. The summed E-state index contributed by atoms with van der Waals surface area (Å²) in [5.41, 5.74) is 0. The zero-order valence-electron chi connectivity index (χ0n) is 19.1. The zero-order chi connectivity index (χ0) is 21.8. The highest BCUT2D eigenvalue weighted by atomic mass is 16.5. The first-order valence-electron chi connectivity index (χ1n) is 11.8. The van der Waals surface area contributed by atoms with Gasteiger partial charge in [-0.15, -0.1) is 0 Å². The van der Waals surface area contributed by atoms with Gasteiger partial charge in [-0.1, -0.05) is 39.5 Å². The molecular weight excluding hydrogens is 380 g/mol. The van der Waals surface area contributed by atoms with Gasteiger partial charge in [0, 0.05) is 25.6 Å². The lowest BCUT2D eigenvalue weighted by Gasteiger charge is -2.32. The number of amides is 2. The van der Waals surface area contributed by atoms with Gasteiger partial charge in [-0.3, -0.25) is 9.59 Å². The predicted molar refractivity (Wildman–Crippen MR) is 118 cm³/mol. The third-order valence-electron chi connectivity index (χ3n) is 5.97. The van der Waals surface area contributed by atoms with Crippen LogP contribution in [-0.2, 0) is 20.9 Å². The molecule has 0 bridgehead atoms. The smallest absolute Gasteiger partial charge is 0.242 e. The molecule has 6 nitrogen and oxygen atoms in total. The Bertz CT molecular complexity index is 611. The van der Waals surface area contributed by atoms with E-state index in [4.69, 9.17) is 9.15 Å². The Morgan fingerprint density at radius 1 is 1.17 bits per heavy atom. The van der Waals surface area contributed by atoms with E-state index in [9.17, 15) is 9.59 Å². The van der Waals surface area contributed by atoms with Crippen molar-refractivity contribution in [2.75, 3.05) is 19.7 Å². The summed E-state index contributed by atoms with van der Waals surface area (Å²) in [4.78, 5) is 29.7. The summed E-state index contributed by atoms with van der Waals surface area (Å²) in [6.45, 7) is 8.10. The first-order chi connectivity index (χ1) is 14.5. The second-order valence-corrected chi connectivity index (χ2v) is 8.43. The number of hydrogen-bond donors (Lipinski definition) is 0. The Morgan fingerprint density at radius 3 is 2.60 bits per heavy atom. The summed E-state index contributed by atoms with van der Waals surface area (Å²) in [6.07, 6.45) is 10.6. The van der Waals surface area contributed by atoms with Gasteiger partial charge in [0.15, 0.2) is 0 Å². The summed E-state index contributed by atoms with van der Waals surface area (Å²) in [5, 5.41) is 0. The Morgan fingerprint density at radius 2 is 1.97 bits per heavy atom. The Balaban J connectivity index is 1.98. The number of carbonyl (C=O) groups excluding carboxylic acids is 2. The first-order valence-corrected chi connectivity index (χ1v) is 11.8. The Hall–Kier alpha value is -1.82. The molecule has 1 aromatic heterocycles. The summed E-state index contributed by atoms with van der Waals surface area (Å²) >= 11 is 0. The molecule has 2 rings (SSSR count). The number of rotatable bonds is 14. The summed E-state index contributed by atoms with van der Waals surface area (Å²) in [5.74, 6) is 0.796. The van der Waals surface area contributed by atoms with Crippen LogP contribution in [0.25, 0.3) is 0 Å². The standard InChI is InChI=1S/C24H40N2O4/c1-4-6-7-8-9-14-23(27)26(20(3)5-2)19-24(28)25(17-21-12-10-15-29-21)18-22-13-11-16-30-22/h10,12,15,20,22H,4-9,11,13-14,16-19H2,1-3H3. The van der Waals surface area contributed by atoms with E-state index in [1.54, 1.807) is 16.1 Å². The van der Waals surface area contributed by atoms with Crippen LogP contribution in [0.15, 0.2) is 22.8 Å². The monoisotopic (exact) mass is 420 g/mol. The third kappa shape index (κ3) is 8.13. The van der Waals surface area contributed by atoms with Crippen LogP contribution in [0, 0.1) is 0 Å². The lowest BCUT2D eigenvalue weighted by Crippen LogP contribution is -2.47. The molecule has 2 amide bonds. The lowest BCUT2D eigenvalue weighted by atomic mass is 10.1. The molecule has 0 aliphatic carbocycles. The highest BCUT2D eigenvalue weighted by Gasteiger charge is 2.27. The van der Waals surface area contributed by atoms with Crippen LogP contribution in [0.5, 0.6) is 0 Å². The molecular formula is C24H40N2O4. The predicted octanol–water partition coefficient (Wildman–Crippen LogP) is 4.77. The summed E-state index contributed by atoms with van der Waals surface area (Å²) < 4.78 is 11.2. The molecule has 2 atom stereocenters. The number of carbonyl (C=O) groups is 2. The van der Waals surface area contributed by atoms with Crippen molar-refractivity contribution in [1.82, 2.24) is 9.80 Å². The number of furan rings is 1. The highest BCUT2D eigenvalue weighted by molar-refractivity contribution is 5.85. The van der Waals surface area contributed by atoms with E-state index in [1.807, 2.05) is 19.1 Å². The van der Waals surface area contributed by atoms with Crippen molar-refractivity contribution < 1.29 is 18.7 Å². The van der Waals surface area contributed by atoms with Crippen molar-refractivity contribution in [3.63, 3.8) is 0 Å². The largest absolute Gasteiger partial charge is 0.467 e. The Labute approximate surface area is 181 Å². The molecule has 170 valence electrons. The van der Waals surface area contributed by atoms with Crippen molar-refractivity contribution in [1.29, 1.82) is 0 Å². The van der Waals surface area contributed by atoms with Crippen LogP contribution in [0.3, 0.4) is 0 Å². The highest BCUT2D eigenvalue weighted by Crippen LogP contribution is 2.17. The number of unbranched alkanes of at least 4 members (excludes halogenated alkanes) is 4. The summed E-state index contributed by atoms with van der Waals surface area (Å²) in [6, 6.07) is 3.76. The second kappa shape index (κ2) is 13.5. The van der Waals surface area contributed by atoms with Crippen molar-refractivity contribution in [3.05, 3.63) is 24.2 Å². The van der Waals surface area contributed by atoms with Gasteiger partial charge in [0.2, 0.25) is 11.8 Å². The minimum atomic E-state index is -0.0402. The van der Waals surface area contributed by atoms with Crippen molar-refractivity contribution in [2.24, 2.45) is 0 Å². The maximum absolute atomic E-state index is 13.2. The van der Waals surface area contributed by atoms with Crippen LogP contribution >= 0.6 is 0 Å². The van der Waals surface area contributed by atoms with Gasteiger partial charge in [-0.25, -0.2) is 0 Å². The van der Waals surface area contributed by atoms with Crippen LogP contribution in [0.4, 0.5) is 0 Å². The molecule has 0 spiro atoms. The van der Waals surface area contributed by atoms with Crippen LogP contribution < -0.4 is 0 Å². The second-order valence-electron chi connectivity index (χ2n) is 8.43. The fraction of sp³-hybridized carbons (Fsp3) is 0.750. The SMILES string of the molecule is CCCCCCCC(=O)N(CC(=O)N(Cc1ccco1)CC1CCCO1)C(C)CC. The van der Waals surface area contributed by atoms with Crippen molar-refractivity contribution in [3.8, 4) is 0 Å². The van der Waals surface area contributed by atoms with Crippen LogP contribution in [0.1, 0.15) is 84.3 Å². The van der Waals surface area contributed by atoms with Crippen molar-refractivity contribution >= 4 is 11.8 Å². The normalized spacial score (nSPS) is 17.1. The molecule has 1 aliphatic rings. The van der Waals surface area contributed by atoms with Gasteiger partial charge in [0.05, 0.1) is 18.9 Å². The van der Waals surface area contributed by atoms with Crippen LogP contribution in [0.2, 0.25) is 0 Å². The fourth-order valence-corrected chi connectivity index (χ4v) is 3.86.